The summed E-state index contributed by atoms with van der Waals surface area (Å²) in [6.07, 6.45) is 18.9. The van der Waals surface area contributed by atoms with Gasteiger partial charge in [0, 0.05) is 84.5 Å². The van der Waals surface area contributed by atoms with Gasteiger partial charge in [0.2, 0.25) is 0 Å². The van der Waals surface area contributed by atoms with Crippen LogP contribution in [0.4, 0.5) is 0 Å². The Balaban J connectivity index is 1.21. The van der Waals surface area contributed by atoms with Crippen molar-refractivity contribution in [3.8, 4) is 67.9 Å². The highest BCUT2D eigenvalue weighted by Crippen LogP contribution is 2.39. The van der Waals surface area contributed by atoms with E-state index in [4.69, 9.17) is 59.8 Å². The van der Waals surface area contributed by atoms with Crippen LogP contribution in [-0.4, -0.2) is 59.8 Å². The Kier molecular flexibility index (Phi) is 20.5. The lowest BCUT2D eigenvalue weighted by Crippen LogP contribution is -2.24. The summed E-state index contributed by atoms with van der Waals surface area (Å²) in [5.74, 6) is 6.21. The zero-order chi connectivity index (χ0) is 74.7. The van der Waals surface area contributed by atoms with E-state index in [1.54, 1.807) is 0 Å². The maximum Gasteiger partial charge on any atom is 0.164 e. The van der Waals surface area contributed by atoms with E-state index in [-0.39, 0.29) is 48.7 Å². The van der Waals surface area contributed by atoms with Crippen LogP contribution in [0.25, 0.3) is 104 Å². The molecule has 0 aliphatic heterocycles. The van der Waals surface area contributed by atoms with Crippen molar-refractivity contribution in [2.24, 2.45) is 0 Å². The van der Waals surface area contributed by atoms with Gasteiger partial charge in [-0.25, -0.2) is 44.9 Å². The second-order valence-electron chi connectivity index (χ2n) is 36.8. The molecule has 0 spiro atoms. The van der Waals surface area contributed by atoms with Gasteiger partial charge in [-0.3, -0.25) is 15.0 Å². The molecule has 0 aliphatic rings. The molecule has 10 aromatic rings. The van der Waals surface area contributed by atoms with Crippen LogP contribution in [0.5, 0.6) is 0 Å². The van der Waals surface area contributed by atoms with Crippen LogP contribution in [0.2, 0.25) is 0 Å². The molecule has 102 heavy (non-hydrogen) atoms. The molecule has 528 valence electrons. The number of aromatic nitrogens is 12. The molecule has 0 N–H and O–H groups in total. The largest absolute Gasteiger partial charge is 0.256 e. The molecular weight excluding hydrogens is 1250 g/mol. The van der Waals surface area contributed by atoms with Crippen molar-refractivity contribution in [3.63, 3.8) is 0 Å². The molecule has 10 rings (SSSR count). The number of nitrogens with zero attached hydrogens (tertiary/aromatic N) is 12. The molecule has 0 saturated heterocycles. The maximum atomic E-state index is 5.30. The van der Waals surface area contributed by atoms with Crippen LogP contribution in [0.1, 0.15) is 272 Å². The van der Waals surface area contributed by atoms with E-state index in [0.717, 1.165) is 119 Å². The Morgan fingerprint density at radius 3 is 0.627 bits per heavy atom. The van der Waals surface area contributed by atoms with Gasteiger partial charge in [-0.1, -0.05) is 260 Å². The highest BCUT2D eigenvalue weighted by molar-refractivity contribution is 5.87. The highest BCUT2D eigenvalue weighted by Gasteiger charge is 2.31. The predicted molar refractivity (Wildman–Crippen MR) is 427 cm³/mol. The molecule has 0 amide bonds. The third kappa shape index (κ3) is 18.1. The minimum absolute atomic E-state index is 0.0768. The molecule has 0 bridgehead atoms. The zero-order valence-electron chi connectivity index (χ0n) is 66.0. The van der Waals surface area contributed by atoms with Crippen molar-refractivity contribution < 1.29 is 0 Å². The number of rotatable bonds is 12. The Hall–Kier alpha value is -9.42. The van der Waals surface area contributed by atoms with Crippen LogP contribution in [0.3, 0.4) is 0 Å². The molecular formula is C90H108N12. The first-order valence-corrected chi connectivity index (χ1v) is 36.0. The van der Waals surface area contributed by atoms with Crippen molar-refractivity contribution in [2.45, 2.75) is 236 Å². The number of benzene rings is 4. The Labute approximate surface area is 609 Å². The fraction of sp³-hybridized carbons (Fsp3) is 0.400. The van der Waals surface area contributed by atoms with Gasteiger partial charge in [-0.05, 0) is 139 Å². The van der Waals surface area contributed by atoms with E-state index < -0.39 is 0 Å². The lowest BCUT2D eigenvalue weighted by atomic mass is 9.86. The molecule has 0 fully saturated rings. The van der Waals surface area contributed by atoms with Crippen molar-refractivity contribution >= 4 is 36.5 Å². The van der Waals surface area contributed by atoms with E-state index in [2.05, 4.69) is 333 Å². The number of pyridine rings is 3. The van der Waals surface area contributed by atoms with E-state index in [1.165, 1.54) is 16.7 Å². The summed E-state index contributed by atoms with van der Waals surface area (Å²) in [4.78, 5) is 61.9. The summed E-state index contributed by atoms with van der Waals surface area (Å²) < 4.78 is 0. The van der Waals surface area contributed by atoms with Gasteiger partial charge in [0.15, 0.2) is 17.5 Å². The van der Waals surface area contributed by atoms with Crippen LogP contribution in [0.15, 0.2) is 128 Å². The summed E-state index contributed by atoms with van der Waals surface area (Å²) >= 11 is 0. The molecule has 0 radical (unpaired) electrons. The van der Waals surface area contributed by atoms with Gasteiger partial charge in [0.25, 0.3) is 0 Å². The van der Waals surface area contributed by atoms with Gasteiger partial charge in [-0.2, -0.15) is 0 Å². The van der Waals surface area contributed by atoms with Crippen LogP contribution in [0, 0.1) is 0 Å². The lowest BCUT2D eigenvalue weighted by molar-refractivity contribution is 0.497. The Morgan fingerprint density at radius 1 is 0.216 bits per heavy atom. The van der Waals surface area contributed by atoms with Crippen molar-refractivity contribution in [2.75, 3.05) is 0 Å². The second kappa shape index (κ2) is 27.7. The van der Waals surface area contributed by atoms with Crippen LogP contribution in [-0.2, 0) is 48.7 Å². The number of hydrogen-bond acceptors (Lipinski definition) is 12. The lowest BCUT2D eigenvalue weighted by Gasteiger charge is -2.23. The third-order valence-electron chi connectivity index (χ3n) is 17.9. The SMILES string of the molecule is CC(C)(C)c1ccnc(-c2ccc(C=Cc3cc(/C=C\c4ccc(-c5cc(C(C)(C)C)ccn5)cc4-c4nc(C(C)(C)C)nc(C(C)(C)C)n4)cc(/C=C\c4ccc(-c5cc(C(C)(C)C)ccn5)cc4-c4nc(C(C)(C)C)nc(C(C)(C)C)n4)c3)c(-c3nc(C(C)(C)C)nc(C(C)(C)C)n3)c2)c1. The highest BCUT2D eigenvalue weighted by atomic mass is 15.1. The first-order chi connectivity index (χ1) is 47.1. The van der Waals surface area contributed by atoms with Gasteiger partial charge < -0.3 is 0 Å². The van der Waals surface area contributed by atoms with E-state index in [0.29, 0.717) is 17.5 Å². The Morgan fingerprint density at radius 2 is 0.431 bits per heavy atom. The summed E-state index contributed by atoms with van der Waals surface area (Å²) in [6.45, 7) is 58.9. The normalized spacial score (nSPS) is 13.3. The predicted octanol–water partition coefficient (Wildman–Crippen LogP) is 22.6. The zero-order valence-corrected chi connectivity index (χ0v) is 66.0. The summed E-state index contributed by atoms with van der Waals surface area (Å²) in [7, 11) is 0. The first kappa shape index (κ1) is 75.2. The van der Waals surface area contributed by atoms with Crippen LogP contribution >= 0.6 is 0 Å². The molecule has 0 unspecified atom stereocenters. The smallest absolute Gasteiger partial charge is 0.164 e. The molecule has 6 aromatic heterocycles. The van der Waals surface area contributed by atoms with Crippen molar-refractivity contribution in [1.82, 2.24) is 59.8 Å². The van der Waals surface area contributed by atoms with E-state index >= 15 is 0 Å². The standard InChI is InChI=1S/C90H108N12/c1-82(2,3)64-40-43-91-70(52-64)61-37-34-58(67(49-61)73-94-76(85(10,11)12)100-77(95-73)86(13,14)15)31-28-55-46-56(29-32-59-35-38-62(71-53-65(41-44-92-71)83(4,5)6)50-68(59)74-96-78(87(16,17)18)101-79(97-74)88(19,20)21)48-57(47-55)30-33-60-36-39-63(72-54-66(42-45-93-72)84(7,8)9)51-69(60)75-98-80(89(22,23)24)102-81(99-75)90(25,26)27/h28-54H,1-27H3/b31-28-,32-29-,33-30?. The third-order valence-corrected chi connectivity index (χ3v) is 17.9. The molecule has 0 aliphatic carbocycles. The molecule has 0 atom stereocenters. The fourth-order valence-corrected chi connectivity index (χ4v) is 11.4. The quantitative estimate of drug-likeness (QED) is 0.107. The number of hydrogen-bond donors (Lipinski definition) is 0. The Bertz CT molecular complexity index is 4270. The van der Waals surface area contributed by atoms with Gasteiger partial charge in [-0.15, -0.1) is 0 Å². The molecule has 12 nitrogen and oxygen atoms in total. The first-order valence-electron chi connectivity index (χ1n) is 36.0. The minimum atomic E-state index is -0.353. The van der Waals surface area contributed by atoms with Gasteiger partial charge in [0.1, 0.15) is 34.9 Å². The summed E-state index contributed by atoms with van der Waals surface area (Å²) in [5, 5.41) is 0. The molecule has 12 heteroatoms. The van der Waals surface area contributed by atoms with E-state index in [1.807, 2.05) is 18.6 Å². The average Bonchev–Trinajstić information content (AvgIpc) is 0.787. The monoisotopic (exact) mass is 1360 g/mol. The minimum Gasteiger partial charge on any atom is -0.256 e. The fourth-order valence-electron chi connectivity index (χ4n) is 11.4. The molecule has 4 aromatic carbocycles. The summed E-state index contributed by atoms with van der Waals surface area (Å²) in [6, 6.07) is 39.2. The molecule has 0 saturated carbocycles. The van der Waals surface area contributed by atoms with E-state index in [9.17, 15) is 0 Å². The molecule has 6 heterocycles. The maximum absolute atomic E-state index is 5.30. The second-order valence-corrected chi connectivity index (χ2v) is 36.8. The van der Waals surface area contributed by atoms with Gasteiger partial charge >= 0.3 is 0 Å². The summed E-state index contributed by atoms with van der Waals surface area (Å²) in [5.41, 5.74) is 15.2. The van der Waals surface area contributed by atoms with Crippen LogP contribution < -0.4 is 0 Å². The van der Waals surface area contributed by atoms with Crippen molar-refractivity contribution in [1.29, 1.82) is 0 Å². The topological polar surface area (TPSA) is 155 Å². The van der Waals surface area contributed by atoms with Crippen molar-refractivity contribution in [3.05, 3.63) is 213 Å². The average molecular weight is 1360 g/mol. The van der Waals surface area contributed by atoms with Gasteiger partial charge in [0.05, 0.1) is 17.1 Å².